The van der Waals surface area contributed by atoms with E-state index in [9.17, 15) is 4.79 Å². The van der Waals surface area contributed by atoms with Gasteiger partial charge in [0.2, 0.25) is 5.82 Å². The first-order valence-corrected chi connectivity index (χ1v) is 12.5. The zero-order valence-corrected chi connectivity index (χ0v) is 21.3. The van der Waals surface area contributed by atoms with Gasteiger partial charge < -0.3 is 0 Å². The summed E-state index contributed by atoms with van der Waals surface area (Å²) in [4.78, 5) is 17.6. The summed E-state index contributed by atoms with van der Waals surface area (Å²) in [5.41, 5.74) is 5.00. The van der Waals surface area contributed by atoms with Crippen molar-refractivity contribution >= 4 is 22.6 Å². The second kappa shape index (κ2) is 10.3. The van der Waals surface area contributed by atoms with Gasteiger partial charge in [0.1, 0.15) is 0 Å². The van der Waals surface area contributed by atoms with E-state index in [-0.39, 0.29) is 11.7 Å². The van der Waals surface area contributed by atoms with Gasteiger partial charge >= 0.3 is 5.69 Å². The van der Waals surface area contributed by atoms with E-state index in [0.717, 1.165) is 35.1 Å². The molecule has 0 fully saturated rings. The Morgan fingerprint density at radius 3 is 2.60 bits per heavy atom. The maximum atomic E-state index is 13.3. The molecule has 0 saturated heterocycles. The molecule has 1 atom stereocenters. The van der Waals surface area contributed by atoms with Crippen LogP contribution < -0.4 is 5.69 Å². The number of H-pyrrole nitrogens is 1. The number of aromatic nitrogens is 7. The van der Waals surface area contributed by atoms with Gasteiger partial charge in [0.15, 0.2) is 0 Å². The number of nitrogens with one attached hydrogen (secondary N) is 1. The number of aromatic amines is 1. The quantitative estimate of drug-likeness (QED) is 0.264. The number of halogens is 1. The second-order valence-electron chi connectivity index (χ2n) is 8.30. The largest absolute Gasteiger partial charge is 0.329 e. The zero-order valence-electron chi connectivity index (χ0n) is 19.2. The highest BCUT2D eigenvalue weighted by atomic mass is 127. The summed E-state index contributed by atoms with van der Waals surface area (Å²) in [5.74, 6) is 0.522. The van der Waals surface area contributed by atoms with Gasteiger partial charge in [0.05, 0.1) is 12.6 Å². The van der Waals surface area contributed by atoms with Crippen molar-refractivity contribution in [2.45, 2.75) is 32.4 Å². The highest BCUT2D eigenvalue weighted by Crippen LogP contribution is 2.29. The Labute approximate surface area is 216 Å². The van der Waals surface area contributed by atoms with E-state index in [0.29, 0.717) is 12.4 Å². The van der Waals surface area contributed by atoms with E-state index in [1.165, 1.54) is 9.13 Å². The van der Waals surface area contributed by atoms with Gasteiger partial charge in [-0.25, -0.2) is 4.79 Å². The van der Waals surface area contributed by atoms with Gasteiger partial charge in [-0.2, -0.15) is 5.21 Å². The molecular weight excluding hydrogens is 553 g/mol. The van der Waals surface area contributed by atoms with Gasteiger partial charge in [-0.1, -0.05) is 55.8 Å². The summed E-state index contributed by atoms with van der Waals surface area (Å²) in [7, 11) is 0. The van der Waals surface area contributed by atoms with Gasteiger partial charge in [0, 0.05) is 39.5 Å². The number of hydrogen-bond donors (Lipinski definition) is 1. The molecule has 3 heterocycles. The highest BCUT2D eigenvalue weighted by Gasteiger charge is 2.19. The fourth-order valence-corrected chi connectivity index (χ4v) is 5.08. The van der Waals surface area contributed by atoms with Crippen LogP contribution in [0.4, 0.5) is 0 Å². The number of benzene rings is 2. The molecule has 5 aromatic rings. The summed E-state index contributed by atoms with van der Waals surface area (Å²) in [5, 5.41) is 14.3. The molecule has 9 heteroatoms. The van der Waals surface area contributed by atoms with E-state index < -0.39 is 0 Å². The predicted octanol–water partition coefficient (Wildman–Crippen LogP) is 4.93. The van der Waals surface area contributed by atoms with Crippen molar-refractivity contribution in [3.63, 3.8) is 0 Å². The van der Waals surface area contributed by atoms with E-state index >= 15 is 0 Å². The molecule has 0 bridgehead atoms. The fourth-order valence-electron chi connectivity index (χ4n) is 4.33. The van der Waals surface area contributed by atoms with E-state index in [4.69, 9.17) is 0 Å². The summed E-state index contributed by atoms with van der Waals surface area (Å²) in [6.45, 7) is 2.65. The normalized spacial score (nSPS) is 12.1. The molecule has 0 spiro atoms. The SMILES string of the molecule is CCCC(c1ccccc1I)n1ccn(Cc2ccc(-c3cnccc3-c3nn[nH]n3)cc2)c1=O. The first-order chi connectivity index (χ1) is 17.2. The highest BCUT2D eigenvalue weighted by molar-refractivity contribution is 14.1. The number of imidazole rings is 1. The van der Waals surface area contributed by atoms with Gasteiger partial charge in [-0.05, 0) is 63.0 Å². The predicted molar refractivity (Wildman–Crippen MR) is 143 cm³/mol. The van der Waals surface area contributed by atoms with E-state index in [2.05, 4.69) is 67.3 Å². The van der Waals surface area contributed by atoms with Gasteiger partial charge in [-0.3, -0.25) is 14.1 Å². The smallest absolute Gasteiger partial charge is 0.295 e. The first-order valence-electron chi connectivity index (χ1n) is 11.4. The van der Waals surface area contributed by atoms with Crippen molar-refractivity contribution in [2.24, 2.45) is 0 Å². The molecule has 2 aromatic carbocycles. The third-order valence-corrected chi connectivity index (χ3v) is 7.04. The summed E-state index contributed by atoms with van der Waals surface area (Å²) in [6, 6.07) is 18.3. The van der Waals surface area contributed by atoms with Crippen molar-refractivity contribution < 1.29 is 0 Å². The van der Waals surface area contributed by atoms with E-state index in [1.807, 2.05) is 59.4 Å². The Morgan fingerprint density at radius 2 is 1.86 bits per heavy atom. The minimum atomic E-state index is -0.00108. The zero-order chi connectivity index (χ0) is 24.2. The van der Waals surface area contributed by atoms with Crippen LogP contribution in [0.3, 0.4) is 0 Å². The third-order valence-electron chi connectivity index (χ3n) is 6.06. The topological polar surface area (TPSA) is 94.3 Å². The van der Waals surface area contributed by atoms with Crippen LogP contribution in [0.1, 0.15) is 36.9 Å². The lowest BCUT2D eigenvalue weighted by Crippen LogP contribution is -2.28. The van der Waals surface area contributed by atoms with Crippen LogP contribution in [0.5, 0.6) is 0 Å². The van der Waals surface area contributed by atoms with Crippen LogP contribution >= 0.6 is 22.6 Å². The van der Waals surface area contributed by atoms with Crippen molar-refractivity contribution in [3.8, 4) is 22.5 Å². The van der Waals surface area contributed by atoms with Crippen LogP contribution in [0.2, 0.25) is 0 Å². The lowest BCUT2D eigenvalue weighted by molar-refractivity contribution is 0.507. The van der Waals surface area contributed by atoms with Crippen molar-refractivity contribution in [2.75, 3.05) is 0 Å². The summed E-state index contributed by atoms with van der Waals surface area (Å²) in [6.07, 6.45) is 9.20. The molecule has 35 heavy (non-hydrogen) atoms. The third kappa shape index (κ3) is 4.81. The first kappa shape index (κ1) is 23.2. The summed E-state index contributed by atoms with van der Waals surface area (Å²) >= 11 is 2.35. The maximum Gasteiger partial charge on any atom is 0.329 e. The number of rotatable bonds is 8. The molecule has 0 saturated carbocycles. The fraction of sp³-hybridized carbons (Fsp3) is 0.192. The average Bonchev–Trinajstić information content (AvgIpc) is 3.55. The molecule has 1 unspecified atom stereocenters. The summed E-state index contributed by atoms with van der Waals surface area (Å²) < 4.78 is 4.80. The van der Waals surface area contributed by atoms with Crippen molar-refractivity contribution in [1.82, 2.24) is 34.7 Å². The Kier molecular flexibility index (Phi) is 6.84. The molecule has 0 radical (unpaired) electrons. The molecule has 0 aliphatic rings. The molecule has 3 aromatic heterocycles. The monoisotopic (exact) mass is 577 g/mol. The lowest BCUT2D eigenvalue weighted by atomic mass is 10.0. The number of hydrogen-bond acceptors (Lipinski definition) is 5. The molecule has 8 nitrogen and oxygen atoms in total. The average molecular weight is 577 g/mol. The van der Waals surface area contributed by atoms with Crippen LogP contribution in [-0.2, 0) is 6.54 Å². The molecule has 176 valence electrons. The van der Waals surface area contributed by atoms with Crippen LogP contribution in [0, 0.1) is 3.57 Å². The van der Waals surface area contributed by atoms with Gasteiger partial charge in [-0.15, -0.1) is 10.2 Å². The number of pyridine rings is 1. The Balaban J connectivity index is 1.40. The van der Waals surface area contributed by atoms with E-state index in [1.54, 1.807) is 17.0 Å². The maximum absolute atomic E-state index is 13.3. The molecule has 0 aliphatic heterocycles. The number of tetrazole rings is 1. The molecule has 0 amide bonds. The minimum Gasteiger partial charge on any atom is -0.295 e. The molecule has 0 aliphatic carbocycles. The lowest BCUT2D eigenvalue weighted by Gasteiger charge is -2.19. The minimum absolute atomic E-state index is 0.00108. The molecule has 1 N–H and O–H groups in total. The van der Waals surface area contributed by atoms with Crippen molar-refractivity contribution in [3.05, 3.63) is 105 Å². The second-order valence-corrected chi connectivity index (χ2v) is 9.46. The molecular formula is C26H24IN7O. The van der Waals surface area contributed by atoms with Gasteiger partial charge in [0.25, 0.3) is 0 Å². The Morgan fingerprint density at radius 1 is 1.03 bits per heavy atom. The molecule has 5 rings (SSSR count). The Hall–Kier alpha value is -3.60. The van der Waals surface area contributed by atoms with Crippen LogP contribution in [0.15, 0.2) is 84.2 Å². The Bertz CT molecular complexity index is 1470. The van der Waals surface area contributed by atoms with Crippen LogP contribution in [0.25, 0.3) is 22.5 Å². The van der Waals surface area contributed by atoms with Crippen molar-refractivity contribution in [1.29, 1.82) is 0 Å². The van der Waals surface area contributed by atoms with Crippen LogP contribution in [-0.4, -0.2) is 34.7 Å². The number of nitrogens with zero attached hydrogens (tertiary/aromatic N) is 6. The standard InChI is InChI=1S/C26H24IN7O/c1-2-5-24(21-6-3-4-7-23(21)27)34-15-14-33(26(34)35)17-18-8-10-19(11-9-18)22-16-28-13-12-20(22)25-29-31-32-30-25/h3-4,6-16,24H,2,5,17H2,1H3,(H,29,30,31,32).